The summed E-state index contributed by atoms with van der Waals surface area (Å²) in [4.78, 5) is 4.66. The number of aromatic nitrogens is 3. The molecule has 0 aliphatic heterocycles. The molecule has 3 aromatic rings. The first kappa shape index (κ1) is 22.7. The molecule has 3 rings (SSSR count). The predicted molar refractivity (Wildman–Crippen MR) is 124 cm³/mol. The van der Waals surface area contributed by atoms with Gasteiger partial charge in [-0.1, -0.05) is 6.07 Å². The van der Waals surface area contributed by atoms with Gasteiger partial charge in [0.05, 0.1) is 20.8 Å². The summed E-state index contributed by atoms with van der Waals surface area (Å²) in [7, 11) is 3.28. The highest BCUT2D eigenvalue weighted by Crippen LogP contribution is 2.25. The van der Waals surface area contributed by atoms with Gasteiger partial charge in [0, 0.05) is 37.3 Å². The van der Waals surface area contributed by atoms with Crippen LogP contribution in [0.1, 0.15) is 18.3 Å². The summed E-state index contributed by atoms with van der Waals surface area (Å²) >= 11 is 0. The highest BCUT2D eigenvalue weighted by molar-refractivity contribution is 14.0. The summed E-state index contributed by atoms with van der Waals surface area (Å²) in [6, 6.07) is 11.6. The van der Waals surface area contributed by atoms with Crippen LogP contribution >= 0.6 is 24.0 Å². The Morgan fingerprint density at radius 2 is 1.97 bits per heavy atom. The van der Waals surface area contributed by atoms with Gasteiger partial charge in [0.25, 0.3) is 0 Å². The van der Waals surface area contributed by atoms with Crippen molar-refractivity contribution in [3.63, 3.8) is 0 Å². The molecule has 156 valence electrons. The number of rotatable bonds is 8. The van der Waals surface area contributed by atoms with E-state index < -0.39 is 0 Å². The van der Waals surface area contributed by atoms with E-state index in [0.29, 0.717) is 13.1 Å². The summed E-state index contributed by atoms with van der Waals surface area (Å²) in [6.07, 6.45) is 2.71. The zero-order valence-corrected chi connectivity index (χ0v) is 19.2. The van der Waals surface area contributed by atoms with Gasteiger partial charge in [-0.05, 0) is 31.2 Å². The SMILES string of the molecule is CCNC(=NCc1ccc(OC)cc1OC)NCCc1nnc2ccccn12.I. The van der Waals surface area contributed by atoms with Crippen molar-refractivity contribution in [1.82, 2.24) is 25.2 Å². The van der Waals surface area contributed by atoms with Crippen LogP contribution in [0.15, 0.2) is 47.6 Å². The van der Waals surface area contributed by atoms with Crippen LogP contribution in [-0.2, 0) is 13.0 Å². The fourth-order valence-electron chi connectivity index (χ4n) is 2.84. The number of ether oxygens (including phenoxy) is 2. The molecule has 0 fully saturated rings. The number of hydrogen-bond acceptors (Lipinski definition) is 5. The highest BCUT2D eigenvalue weighted by atomic mass is 127. The molecular weight excluding hydrogens is 483 g/mol. The molecule has 2 aromatic heterocycles. The zero-order valence-electron chi connectivity index (χ0n) is 16.9. The third kappa shape index (κ3) is 5.96. The number of benzene rings is 1. The van der Waals surface area contributed by atoms with Crippen molar-refractivity contribution in [2.24, 2.45) is 4.99 Å². The first-order valence-corrected chi connectivity index (χ1v) is 9.27. The van der Waals surface area contributed by atoms with Gasteiger partial charge in [0.15, 0.2) is 11.6 Å². The van der Waals surface area contributed by atoms with E-state index in [9.17, 15) is 0 Å². The number of hydrogen-bond donors (Lipinski definition) is 2. The van der Waals surface area contributed by atoms with Crippen LogP contribution in [-0.4, -0.2) is 47.9 Å². The van der Waals surface area contributed by atoms with Gasteiger partial charge in [-0.2, -0.15) is 0 Å². The Kier molecular flexibility index (Phi) is 8.97. The summed E-state index contributed by atoms with van der Waals surface area (Å²) < 4.78 is 12.7. The van der Waals surface area contributed by atoms with Crippen molar-refractivity contribution < 1.29 is 9.47 Å². The molecule has 0 atom stereocenters. The molecule has 0 bridgehead atoms. The van der Waals surface area contributed by atoms with Crippen molar-refractivity contribution >= 4 is 35.6 Å². The Hall–Kier alpha value is -2.56. The molecule has 2 N–H and O–H groups in total. The average Bonchev–Trinajstić information content (AvgIpc) is 3.15. The van der Waals surface area contributed by atoms with Crippen LogP contribution in [0.4, 0.5) is 0 Å². The summed E-state index contributed by atoms with van der Waals surface area (Å²) in [6.45, 7) is 4.01. The number of nitrogens with one attached hydrogen (secondary N) is 2. The van der Waals surface area contributed by atoms with Crippen LogP contribution in [0.2, 0.25) is 0 Å². The number of guanidine groups is 1. The number of methoxy groups -OCH3 is 2. The maximum absolute atomic E-state index is 5.44. The topological polar surface area (TPSA) is 85.1 Å². The molecule has 0 saturated heterocycles. The van der Waals surface area contributed by atoms with Crippen LogP contribution in [0, 0.1) is 0 Å². The number of halogens is 1. The molecule has 29 heavy (non-hydrogen) atoms. The van der Waals surface area contributed by atoms with Gasteiger partial charge in [0.1, 0.15) is 17.3 Å². The van der Waals surface area contributed by atoms with E-state index in [1.165, 1.54) is 0 Å². The van der Waals surface area contributed by atoms with E-state index in [2.05, 4.69) is 25.8 Å². The Morgan fingerprint density at radius 3 is 2.72 bits per heavy atom. The van der Waals surface area contributed by atoms with E-state index in [1.54, 1.807) is 14.2 Å². The molecule has 1 aromatic carbocycles. The molecule has 2 heterocycles. The molecule has 8 nitrogen and oxygen atoms in total. The molecule has 0 aliphatic carbocycles. The van der Waals surface area contributed by atoms with Gasteiger partial charge < -0.3 is 20.1 Å². The van der Waals surface area contributed by atoms with Crippen LogP contribution in [0.3, 0.4) is 0 Å². The van der Waals surface area contributed by atoms with Crippen molar-refractivity contribution in [3.05, 3.63) is 54.0 Å². The van der Waals surface area contributed by atoms with Crippen molar-refractivity contribution in [2.75, 3.05) is 27.3 Å². The van der Waals surface area contributed by atoms with Gasteiger partial charge in [0.2, 0.25) is 0 Å². The van der Waals surface area contributed by atoms with Crippen molar-refractivity contribution in [1.29, 1.82) is 0 Å². The van der Waals surface area contributed by atoms with Crippen molar-refractivity contribution in [2.45, 2.75) is 19.9 Å². The van der Waals surface area contributed by atoms with E-state index >= 15 is 0 Å². The maximum Gasteiger partial charge on any atom is 0.191 e. The molecule has 0 unspecified atom stereocenters. The van der Waals surface area contributed by atoms with Gasteiger partial charge in [-0.15, -0.1) is 34.2 Å². The quantitative estimate of drug-likeness (QED) is 0.276. The Balaban J connectivity index is 0.00000300. The molecular formula is C20H27IN6O2. The average molecular weight is 510 g/mol. The molecule has 0 saturated carbocycles. The van der Waals surface area contributed by atoms with Crippen LogP contribution in [0.25, 0.3) is 5.65 Å². The number of aliphatic imine (C=N–C) groups is 1. The first-order valence-electron chi connectivity index (χ1n) is 9.27. The van der Waals surface area contributed by atoms with Crippen LogP contribution in [0.5, 0.6) is 11.5 Å². The third-order valence-corrected chi connectivity index (χ3v) is 4.27. The third-order valence-electron chi connectivity index (χ3n) is 4.27. The smallest absolute Gasteiger partial charge is 0.191 e. The van der Waals surface area contributed by atoms with Gasteiger partial charge in [-0.25, -0.2) is 4.99 Å². The standard InChI is InChI=1S/C20H26N6O2.HI/c1-4-21-20(23-14-15-8-9-16(27-2)13-17(15)28-3)22-11-10-19-25-24-18-7-5-6-12-26(18)19;/h5-9,12-13H,4,10-11,14H2,1-3H3,(H2,21,22,23);1H. The predicted octanol–water partition coefficient (Wildman–Crippen LogP) is 2.66. The lowest BCUT2D eigenvalue weighted by molar-refractivity contribution is 0.391. The summed E-state index contributed by atoms with van der Waals surface area (Å²) in [5, 5.41) is 15.0. The van der Waals surface area contributed by atoms with E-state index in [-0.39, 0.29) is 24.0 Å². The monoisotopic (exact) mass is 510 g/mol. The Bertz CT molecular complexity index is 944. The second kappa shape index (κ2) is 11.4. The number of pyridine rings is 1. The number of nitrogens with zero attached hydrogens (tertiary/aromatic N) is 4. The van der Waals surface area contributed by atoms with E-state index in [0.717, 1.165) is 47.5 Å². The molecule has 9 heteroatoms. The zero-order chi connectivity index (χ0) is 19.8. The maximum atomic E-state index is 5.44. The second-order valence-corrected chi connectivity index (χ2v) is 6.09. The fourth-order valence-corrected chi connectivity index (χ4v) is 2.84. The lowest BCUT2D eigenvalue weighted by atomic mass is 10.2. The largest absolute Gasteiger partial charge is 0.497 e. The van der Waals surface area contributed by atoms with Gasteiger partial charge in [-0.3, -0.25) is 4.40 Å². The second-order valence-electron chi connectivity index (χ2n) is 6.09. The minimum absolute atomic E-state index is 0. The molecule has 0 aliphatic rings. The lowest BCUT2D eigenvalue weighted by Gasteiger charge is -2.12. The van der Waals surface area contributed by atoms with E-state index in [4.69, 9.17) is 9.47 Å². The summed E-state index contributed by atoms with van der Waals surface area (Å²) in [5.74, 6) is 3.17. The Labute approximate surface area is 187 Å². The Morgan fingerprint density at radius 1 is 1.10 bits per heavy atom. The molecule has 0 amide bonds. The highest BCUT2D eigenvalue weighted by Gasteiger charge is 2.07. The lowest BCUT2D eigenvalue weighted by Crippen LogP contribution is -2.38. The van der Waals surface area contributed by atoms with Crippen LogP contribution < -0.4 is 20.1 Å². The molecule has 0 radical (unpaired) electrons. The van der Waals surface area contributed by atoms with E-state index in [1.807, 2.05) is 53.9 Å². The fraction of sp³-hybridized carbons (Fsp3) is 0.350. The first-order chi connectivity index (χ1) is 13.7. The minimum atomic E-state index is 0. The minimum Gasteiger partial charge on any atom is -0.497 e. The molecule has 0 spiro atoms. The normalized spacial score (nSPS) is 11.1. The number of fused-ring (bicyclic) bond motifs is 1. The summed E-state index contributed by atoms with van der Waals surface area (Å²) in [5.41, 5.74) is 1.84. The van der Waals surface area contributed by atoms with Crippen molar-refractivity contribution in [3.8, 4) is 11.5 Å². The van der Waals surface area contributed by atoms with Gasteiger partial charge >= 0.3 is 0 Å².